The highest BCUT2D eigenvalue weighted by Gasteiger charge is 2.29. The number of rotatable bonds is 22. The van der Waals surface area contributed by atoms with Crippen LogP contribution < -0.4 is 32.3 Å². The highest BCUT2D eigenvalue weighted by atomic mass is 16.5. The minimum Gasteiger partial charge on any atom is -0.445 e. The second-order valence-corrected chi connectivity index (χ2v) is 14.5. The Balaban J connectivity index is 1.89. The van der Waals surface area contributed by atoms with Gasteiger partial charge in [0.05, 0.1) is 0 Å². The molecule has 288 valence electrons. The van der Waals surface area contributed by atoms with Crippen molar-refractivity contribution >= 4 is 47.3 Å². The van der Waals surface area contributed by atoms with Crippen LogP contribution in [0.15, 0.2) is 36.4 Å². The number of alkyl carbamates (subject to hydrolysis) is 1. The van der Waals surface area contributed by atoms with Crippen molar-refractivity contribution in [3.8, 4) is 0 Å². The molecule has 2 atom stereocenters. The van der Waals surface area contributed by atoms with E-state index in [1.807, 2.05) is 0 Å². The first-order valence-electron chi connectivity index (χ1n) is 18.0. The Kier molecular flexibility index (Phi) is 18.4. The number of imide groups is 1. The van der Waals surface area contributed by atoms with Gasteiger partial charge in [-0.1, -0.05) is 59.6 Å². The number of urea groups is 1. The molecule has 15 heteroatoms. The van der Waals surface area contributed by atoms with E-state index >= 15 is 0 Å². The third-order valence-corrected chi connectivity index (χ3v) is 8.27. The number of primary amides is 1. The van der Waals surface area contributed by atoms with Crippen LogP contribution in [0.2, 0.25) is 0 Å². The van der Waals surface area contributed by atoms with Gasteiger partial charge in [0, 0.05) is 43.9 Å². The molecular weight excluding hydrogens is 670 g/mol. The quantitative estimate of drug-likeness (QED) is 0.0764. The molecular formula is C37H57N7O8. The van der Waals surface area contributed by atoms with Gasteiger partial charge in [0.2, 0.25) is 17.7 Å². The summed E-state index contributed by atoms with van der Waals surface area (Å²) >= 11 is 0. The maximum Gasteiger partial charge on any atom is 0.407 e. The van der Waals surface area contributed by atoms with E-state index in [0.717, 1.165) is 24.2 Å². The van der Waals surface area contributed by atoms with Crippen molar-refractivity contribution in [2.45, 2.75) is 111 Å². The number of carbonyl (C=O) groups excluding carboxylic acids is 7. The molecule has 0 fully saturated rings. The predicted molar refractivity (Wildman–Crippen MR) is 196 cm³/mol. The predicted octanol–water partition coefficient (Wildman–Crippen LogP) is 3.63. The van der Waals surface area contributed by atoms with Crippen molar-refractivity contribution in [2.24, 2.45) is 17.1 Å². The number of benzene rings is 1. The third kappa shape index (κ3) is 17.3. The molecule has 15 nitrogen and oxygen atoms in total. The highest BCUT2D eigenvalue weighted by Crippen LogP contribution is 2.21. The Labute approximate surface area is 306 Å². The summed E-state index contributed by atoms with van der Waals surface area (Å²) in [7, 11) is 0. The lowest BCUT2D eigenvalue weighted by atomic mass is 9.90. The Morgan fingerprint density at radius 2 is 1.46 bits per heavy atom. The molecule has 52 heavy (non-hydrogen) atoms. The van der Waals surface area contributed by atoms with E-state index in [0.29, 0.717) is 43.5 Å². The Bertz CT molecular complexity index is 1390. The number of hydrogen-bond acceptors (Lipinski definition) is 8. The summed E-state index contributed by atoms with van der Waals surface area (Å²) in [5.41, 5.74) is 6.58. The van der Waals surface area contributed by atoms with Gasteiger partial charge in [-0.15, -0.1) is 0 Å². The van der Waals surface area contributed by atoms with E-state index in [4.69, 9.17) is 10.5 Å². The molecule has 0 spiro atoms. The van der Waals surface area contributed by atoms with Crippen molar-refractivity contribution in [1.29, 1.82) is 0 Å². The first-order valence-corrected chi connectivity index (χ1v) is 18.0. The van der Waals surface area contributed by atoms with Gasteiger partial charge < -0.3 is 37.1 Å². The fourth-order valence-electron chi connectivity index (χ4n) is 5.30. The number of nitrogens with one attached hydrogen (secondary N) is 5. The molecule has 2 rings (SSSR count). The molecule has 0 saturated heterocycles. The van der Waals surface area contributed by atoms with Crippen LogP contribution in [0.1, 0.15) is 98.0 Å². The number of anilines is 1. The molecule has 0 aromatic heterocycles. The summed E-state index contributed by atoms with van der Waals surface area (Å²) in [6, 6.07) is 4.11. The van der Waals surface area contributed by atoms with Crippen LogP contribution in [-0.2, 0) is 35.3 Å². The lowest BCUT2D eigenvalue weighted by Crippen LogP contribution is -2.54. The molecule has 1 aliphatic rings. The summed E-state index contributed by atoms with van der Waals surface area (Å²) in [6.45, 7) is 11.1. The van der Waals surface area contributed by atoms with Gasteiger partial charge in [-0.3, -0.25) is 28.9 Å². The second kappa shape index (κ2) is 22.1. The lowest BCUT2D eigenvalue weighted by Gasteiger charge is -2.25. The van der Waals surface area contributed by atoms with Crippen LogP contribution in [0.5, 0.6) is 0 Å². The first kappa shape index (κ1) is 43.2. The van der Waals surface area contributed by atoms with Crippen LogP contribution in [0.4, 0.5) is 15.3 Å². The zero-order valence-corrected chi connectivity index (χ0v) is 31.2. The van der Waals surface area contributed by atoms with Gasteiger partial charge in [0.1, 0.15) is 18.7 Å². The Hall–Kier alpha value is -4.95. The van der Waals surface area contributed by atoms with E-state index in [2.05, 4.69) is 47.4 Å². The van der Waals surface area contributed by atoms with Gasteiger partial charge in [0.15, 0.2) is 0 Å². The fourth-order valence-corrected chi connectivity index (χ4v) is 5.30. The molecule has 0 saturated carbocycles. The Morgan fingerprint density at radius 1 is 0.808 bits per heavy atom. The zero-order chi connectivity index (χ0) is 38.7. The largest absolute Gasteiger partial charge is 0.445 e. The van der Waals surface area contributed by atoms with Gasteiger partial charge in [-0.2, -0.15) is 0 Å². The molecule has 0 radical (unpaired) electrons. The normalized spacial score (nSPS) is 13.8. The van der Waals surface area contributed by atoms with Crippen molar-refractivity contribution in [1.82, 2.24) is 26.2 Å². The molecule has 1 heterocycles. The topological polar surface area (TPSA) is 218 Å². The number of carbonyl (C=O) groups is 7. The summed E-state index contributed by atoms with van der Waals surface area (Å²) in [5, 5.41) is 13.5. The highest BCUT2D eigenvalue weighted by molar-refractivity contribution is 6.12. The van der Waals surface area contributed by atoms with Crippen LogP contribution in [-0.4, -0.2) is 78.3 Å². The molecule has 1 aromatic carbocycles. The number of ether oxygens (including phenoxy) is 1. The van der Waals surface area contributed by atoms with Crippen molar-refractivity contribution in [2.75, 3.05) is 25.0 Å². The van der Waals surface area contributed by atoms with Crippen LogP contribution >= 0.6 is 0 Å². The summed E-state index contributed by atoms with van der Waals surface area (Å²) in [6.07, 6.45) is 7.20. The van der Waals surface area contributed by atoms with E-state index in [9.17, 15) is 33.6 Å². The van der Waals surface area contributed by atoms with Gasteiger partial charge >= 0.3 is 12.1 Å². The monoisotopic (exact) mass is 727 g/mol. The number of unbranched alkanes of at least 4 members (excludes halogenated alkanes) is 3. The number of nitrogens with two attached hydrogens (primary N) is 1. The summed E-state index contributed by atoms with van der Waals surface area (Å²) < 4.78 is 5.30. The molecule has 0 aliphatic carbocycles. The molecule has 0 bridgehead atoms. The average Bonchev–Trinajstić information content (AvgIpc) is 3.39. The fraction of sp³-hybridized carbons (Fsp3) is 0.595. The summed E-state index contributed by atoms with van der Waals surface area (Å²) in [4.78, 5) is 87.3. The van der Waals surface area contributed by atoms with Crippen molar-refractivity contribution in [3.63, 3.8) is 0 Å². The maximum atomic E-state index is 13.4. The van der Waals surface area contributed by atoms with Gasteiger partial charge in [-0.05, 0) is 67.6 Å². The van der Waals surface area contributed by atoms with Crippen LogP contribution in [0.3, 0.4) is 0 Å². The van der Waals surface area contributed by atoms with E-state index < -0.39 is 36.0 Å². The SMILES string of the molecule is CC(C)C(NC(=O)CCCCCN1C(=O)C=CC1=O)C(=O)N[C@@H](CCCNC(N)=O)C(=O)Nc1ccc(COC(=O)NCCCCC(C)(C)C)cc1. The smallest absolute Gasteiger partial charge is 0.407 e. The van der Waals surface area contributed by atoms with Crippen molar-refractivity contribution in [3.05, 3.63) is 42.0 Å². The number of nitrogens with zero attached hydrogens (tertiary/aromatic N) is 1. The third-order valence-electron chi connectivity index (χ3n) is 8.27. The van der Waals surface area contributed by atoms with Crippen LogP contribution in [0, 0.1) is 11.3 Å². The van der Waals surface area contributed by atoms with Gasteiger partial charge in [0.25, 0.3) is 11.8 Å². The molecule has 1 aromatic rings. The Morgan fingerprint density at radius 3 is 2.08 bits per heavy atom. The minimum absolute atomic E-state index is 0.0498. The number of hydrogen-bond donors (Lipinski definition) is 6. The molecule has 8 amide bonds. The van der Waals surface area contributed by atoms with Crippen LogP contribution in [0.25, 0.3) is 0 Å². The average molecular weight is 728 g/mol. The second-order valence-electron chi connectivity index (χ2n) is 14.5. The number of amides is 8. The molecule has 1 aliphatic heterocycles. The summed E-state index contributed by atoms with van der Waals surface area (Å²) in [5.74, 6) is -2.36. The maximum absolute atomic E-state index is 13.4. The van der Waals surface area contributed by atoms with E-state index in [1.54, 1.807) is 38.1 Å². The van der Waals surface area contributed by atoms with Crippen molar-refractivity contribution < 1.29 is 38.3 Å². The lowest BCUT2D eigenvalue weighted by molar-refractivity contribution is -0.137. The van der Waals surface area contributed by atoms with E-state index in [1.165, 1.54) is 12.2 Å². The molecule has 1 unspecified atom stereocenters. The zero-order valence-electron chi connectivity index (χ0n) is 31.2. The first-order chi connectivity index (χ1) is 24.6. The minimum atomic E-state index is -0.999. The van der Waals surface area contributed by atoms with E-state index in [-0.39, 0.29) is 61.6 Å². The van der Waals surface area contributed by atoms with Gasteiger partial charge in [-0.25, -0.2) is 9.59 Å². The molecule has 7 N–H and O–H groups in total. The standard InChI is InChI=1S/C37H57N7O8/c1-25(2)32(43-29(45)13-7-6-10-23-44-30(46)18-19-31(44)47)34(49)42-28(12-11-22-39-35(38)50)33(48)41-27-16-14-26(15-17-27)24-52-36(51)40-21-9-8-20-37(3,4)5/h14-19,25,28,32H,6-13,20-24H2,1-5H3,(H,40,51)(H,41,48)(H,42,49)(H,43,45)(H3,38,39,50)/t28-,32?/m0/s1.